The highest BCUT2D eigenvalue weighted by molar-refractivity contribution is 5.84. The molecular weight excluding hydrogens is 450 g/mol. The number of anilines is 2. The molecule has 176 valence electrons. The third-order valence-electron chi connectivity index (χ3n) is 5.11. The first kappa shape index (κ1) is 21.9. The number of esters is 1. The number of nitrogens with two attached hydrogens (primary N) is 2. The Bertz CT molecular complexity index is 1520. The van der Waals surface area contributed by atoms with Gasteiger partial charge in [0.15, 0.2) is 17.3 Å². The number of aromatic nitrogens is 5. The maximum Gasteiger partial charge on any atom is 0.313 e. The van der Waals surface area contributed by atoms with Crippen LogP contribution < -0.4 is 20.9 Å². The lowest BCUT2D eigenvalue weighted by molar-refractivity contribution is -0.137. The molecule has 0 atom stereocenters. The number of nitrogens with zero attached hydrogens (tertiary/aromatic N) is 5. The molecule has 0 radical (unpaired) electrons. The van der Waals surface area contributed by atoms with Crippen molar-refractivity contribution >= 4 is 28.5 Å². The Balaban J connectivity index is 1.60. The van der Waals surface area contributed by atoms with Gasteiger partial charge in [-0.2, -0.15) is 0 Å². The number of carbonyl (C=O) groups excluding carboxylic acids is 1. The molecule has 2 aromatic carbocycles. The van der Waals surface area contributed by atoms with Crippen LogP contribution in [0.15, 0.2) is 65.4 Å². The van der Waals surface area contributed by atoms with Crippen LogP contribution in [0.2, 0.25) is 0 Å². The number of nitrogen functional groups attached to an aromatic ring is 2. The maximum atomic E-state index is 12.0. The van der Waals surface area contributed by atoms with Crippen LogP contribution in [0, 0.1) is 5.92 Å². The van der Waals surface area contributed by atoms with Crippen LogP contribution in [-0.2, 0) is 4.79 Å². The fourth-order valence-electron chi connectivity index (χ4n) is 3.39. The largest absolute Gasteiger partial charge is 0.439 e. The Morgan fingerprint density at radius 3 is 2.51 bits per heavy atom. The smallest absolute Gasteiger partial charge is 0.313 e. The first-order chi connectivity index (χ1) is 16.9. The van der Waals surface area contributed by atoms with Gasteiger partial charge in [0.1, 0.15) is 17.0 Å². The molecule has 0 aliphatic heterocycles. The molecule has 0 saturated carbocycles. The number of hydrogen-bond donors (Lipinski definition) is 2. The number of pyridine rings is 1. The molecular formula is C24H21N7O4. The van der Waals surface area contributed by atoms with E-state index < -0.39 is 0 Å². The summed E-state index contributed by atoms with van der Waals surface area (Å²) in [5.74, 6) is 1.24. The molecule has 0 amide bonds. The summed E-state index contributed by atoms with van der Waals surface area (Å²) in [4.78, 5) is 21.0. The molecule has 11 nitrogen and oxygen atoms in total. The van der Waals surface area contributed by atoms with E-state index in [0.717, 1.165) is 0 Å². The predicted molar refractivity (Wildman–Crippen MR) is 128 cm³/mol. The van der Waals surface area contributed by atoms with E-state index in [1.165, 1.54) is 0 Å². The highest BCUT2D eigenvalue weighted by atomic mass is 16.6. The molecule has 0 bridgehead atoms. The van der Waals surface area contributed by atoms with Gasteiger partial charge in [0, 0.05) is 23.5 Å². The lowest BCUT2D eigenvalue weighted by atomic mass is 10.2. The molecule has 5 aromatic rings. The van der Waals surface area contributed by atoms with E-state index in [-0.39, 0.29) is 23.4 Å². The van der Waals surface area contributed by atoms with E-state index in [0.29, 0.717) is 45.6 Å². The Morgan fingerprint density at radius 1 is 1.03 bits per heavy atom. The summed E-state index contributed by atoms with van der Waals surface area (Å²) in [6.07, 6.45) is 1.58. The van der Waals surface area contributed by atoms with Crippen molar-refractivity contribution in [3.05, 3.63) is 60.8 Å². The van der Waals surface area contributed by atoms with E-state index >= 15 is 0 Å². The Kier molecular flexibility index (Phi) is 5.49. The summed E-state index contributed by atoms with van der Waals surface area (Å²) in [7, 11) is 0. The molecule has 0 unspecified atom stereocenters. The first-order valence-corrected chi connectivity index (χ1v) is 10.7. The third kappa shape index (κ3) is 4.34. The van der Waals surface area contributed by atoms with Crippen molar-refractivity contribution in [1.82, 2.24) is 24.8 Å². The second-order valence-electron chi connectivity index (χ2n) is 8.02. The molecule has 3 heterocycles. The fourth-order valence-corrected chi connectivity index (χ4v) is 3.39. The molecule has 0 saturated heterocycles. The molecule has 35 heavy (non-hydrogen) atoms. The molecule has 5 rings (SSSR count). The minimum Gasteiger partial charge on any atom is -0.439 e. The van der Waals surface area contributed by atoms with Gasteiger partial charge in [-0.25, -0.2) is 14.6 Å². The van der Waals surface area contributed by atoms with Crippen LogP contribution in [0.3, 0.4) is 0 Å². The topological polar surface area (TPSA) is 157 Å². The van der Waals surface area contributed by atoms with Crippen molar-refractivity contribution < 1.29 is 18.9 Å². The lowest BCUT2D eigenvalue weighted by Crippen LogP contribution is -2.14. The van der Waals surface area contributed by atoms with Crippen molar-refractivity contribution in [3.63, 3.8) is 0 Å². The van der Waals surface area contributed by atoms with Gasteiger partial charge in [0.25, 0.3) is 0 Å². The van der Waals surface area contributed by atoms with E-state index in [2.05, 4.69) is 20.3 Å². The van der Waals surface area contributed by atoms with Crippen molar-refractivity contribution in [2.45, 2.75) is 13.8 Å². The second-order valence-corrected chi connectivity index (χ2v) is 8.02. The van der Waals surface area contributed by atoms with E-state index in [9.17, 15) is 4.79 Å². The standard InChI is InChI=1S/C24H21N7O4/c1-13(2)24(32)34-16-8-6-15(7-9-16)31-19-11-20(33-17-5-3-4-14(25)10-17)27-12-18(19)28-23(31)21-22(26)30-35-29-21/h3-13H,25H2,1-2H3,(H2,26,30). The van der Waals surface area contributed by atoms with Gasteiger partial charge in [0.05, 0.1) is 17.6 Å². The van der Waals surface area contributed by atoms with Crippen LogP contribution in [0.4, 0.5) is 11.5 Å². The van der Waals surface area contributed by atoms with Gasteiger partial charge >= 0.3 is 5.97 Å². The number of fused-ring (bicyclic) bond motifs is 1. The summed E-state index contributed by atoms with van der Waals surface area (Å²) < 4.78 is 17.9. The molecule has 0 aliphatic rings. The highest BCUT2D eigenvalue weighted by Gasteiger charge is 2.21. The van der Waals surface area contributed by atoms with E-state index in [1.807, 2.05) is 4.57 Å². The quantitative estimate of drug-likeness (QED) is 0.211. The third-order valence-corrected chi connectivity index (χ3v) is 5.11. The monoisotopic (exact) mass is 471 g/mol. The maximum absolute atomic E-state index is 12.0. The molecule has 3 aromatic heterocycles. The molecule has 0 fully saturated rings. The number of rotatable bonds is 6. The van der Waals surface area contributed by atoms with E-state index in [4.69, 9.17) is 25.6 Å². The van der Waals surface area contributed by atoms with Crippen LogP contribution >= 0.6 is 0 Å². The Hall–Kier alpha value is -4.93. The Morgan fingerprint density at radius 2 is 1.83 bits per heavy atom. The zero-order valence-electron chi connectivity index (χ0n) is 18.9. The highest BCUT2D eigenvalue weighted by Crippen LogP contribution is 2.32. The second kappa shape index (κ2) is 8.78. The number of hydrogen-bond acceptors (Lipinski definition) is 10. The van der Waals surface area contributed by atoms with Crippen LogP contribution in [-0.4, -0.2) is 30.8 Å². The summed E-state index contributed by atoms with van der Waals surface area (Å²) in [6.45, 7) is 3.54. The summed E-state index contributed by atoms with van der Waals surface area (Å²) in [5, 5.41) is 7.59. The number of carbonyl (C=O) groups is 1. The van der Waals surface area contributed by atoms with Gasteiger partial charge in [0.2, 0.25) is 5.88 Å². The van der Waals surface area contributed by atoms with Gasteiger partial charge in [-0.05, 0) is 46.7 Å². The molecule has 0 spiro atoms. The average Bonchev–Trinajstić information content (AvgIpc) is 3.42. The number of benzene rings is 2. The number of ether oxygens (including phenoxy) is 2. The summed E-state index contributed by atoms with van der Waals surface area (Å²) in [6, 6.07) is 15.7. The van der Waals surface area contributed by atoms with Crippen molar-refractivity contribution in [2.24, 2.45) is 5.92 Å². The van der Waals surface area contributed by atoms with Gasteiger partial charge in [-0.3, -0.25) is 9.36 Å². The van der Waals surface area contributed by atoms with Crippen molar-refractivity contribution in [1.29, 1.82) is 0 Å². The van der Waals surface area contributed by atoms with Gasteiger partial charge < -0.3 is 20.9 Å². The van der Waals surface area contributed by atoms with Crippen molar-refractivity contribution in [2.75, 3.05) is 11.5 Å². The molecule has 4 N–H and O–H groups in total. The summed E-state index contributed by atoms with van der Waals surface area (Å²) in [5.41, 5.74) is 14.6. The van der Waals surface area contributed by atoms with Gasteiger partial charge in [-0.1, -0.05) is 19.9 Å². The van der Waals surface area contributed by atoms with Gasteiger partial charge in [-0.15, -0.1) is 0 Å². The van der Waals surface area contributed by atoms with Crippen LogP contribution in [0.25, 0.3) is 28.2 Å². The zero-order chi connectivity index (χ0) is 24.5. The minimum atomic E-state index is -0.317. The zero-order valence-corrected chi connectivity index (χ0v) is 18.9. The van der Waals surface area contributed by atoms with E-state index in [1.54, 1.807) is 74.6 Å². The normalized spacial score (nSPS) is 11.2. The Labute approximate surface area is 199 Å². The SMILES string of the molecule is CC(C)C(=O)Oc1ccc(-n2c(-c3nonc3N)nc3cnc(Oc4cccc(N)c4)cc32)cc1. The fraction of sp³-hybridized carbons (Fsp3) is 0.125. The first-order valence-electron chi connectivity index (χ1n) is 10.7. The lowest BCUT2D eigenvalue weighted by Gasteiger charge is -2.11. The minimum absolute atomic E-state index is 0.0910. The molecule has 11 heteroatoms. The predicted octanol–water partition coefficient (Wildman–Crippen LogP) is 3.99. The van der Waals surface area contributed by atoms with Crippen LogP contribution in [0.5, 0.6) is 17.4 Å². The average molecular weight is 471 g/mol. The van der Waals surface area contributed by atoms with Crippen LogP contribution in [0.1, 0.15) is 13.8 Å². The molecule has 0 aliphatic carbocycles. The summed E-state index contributed by atoms with van der Waals surface area (Å²) >= 11 is 0. The van der Waals surface area contributed by atoms with Crippen molar-refractivity contribution in [3.8, 4) is 34.6 Å². The number of imidazole rings is 1.